The molecule has 1 amide bonds. The number of carbonyl (C=O) groups excluding carboxylic acids is 1. The summed E-state index contributed by atoms with van der Waals surface area (Å²) in [4.78, 5) is 30.3. The summed E-state index contributed by atoms with van der Waals surface area (Å²) in [6, 6.07) is 6.53. The Hall–Kier alpha value is -2.52. The summed E-state index contributed by atoms with van der Waals surface area (Å²) in [5, 5.41) is 14.1. The van der Waals surface area contributed by atoms with E-state index in [2.05, 4.69) is 22.1 Å². The minimum Gasteiger partial charge on any atom is -0.477 e. The zero-order valence-electron chi connectivity index (χ0n) is 15.1. The van der Waals surface area contributed by atoms with E-state index >= 15 is 0 Å². The molecular weight excluding hydrogens is 368 g/mol. The van der Waals surface area contributed by atoms with Crippen LogP contribution in [0.15, 0.2) is 30.5 Å². The maximum atomic E-state index is 12.1. The van der Waals surface area contributed by atoms with E-state index in [0.717, 1.165) is 18.0 Å². The Bertz CT molecular complexity index is 810. The van der Waals surface area contributed by atoms with Crippen molar-refractivity contribution in [3.63, 3.8) is 0 Å². The number of hydrogen-bond donors (Lipinski definition) is 1. The fourth-order valence-corrected chi connectivity index (χ4v) is 3.91. The van der Waals surface area contributed by atoms with Crippen LogP contribution in [0.1, 0.15) is 31.1 Å². The molecule has 0 bridgehead atoms. The molecule has 1 aliphatic heterocycles. The van der Waals surface area contributed by atoms with Gasteiger partial charge in [-0.2, -0.15) is 0 Å². The van der Waals surface area contributed by atoms with Crippen LogP contribution in [0.25, 0.3) is 0 Å². The number of nitrogens with zero attached hydrogens (tertiary/aromatic N) is 3. The number of ether oxygens (including phenoxy) is 1. The van der Waals surface area contributed by atoms with Gasteiger partial charge < -0.3 is 4.74 Å². The second kappa shape index (κ2) is 8.92. The van der Waals surface area contributed by atoms with Gasteiger partial charge in [-0.15, -0.1) is 11.3 Å². The second-order valence-electron chi connectivity index (χ2n) is 6.51. The lowest BCUT2D eigenvalue weighted by molar-refractivity contribution is -0.385. The first kappa shape index (κ1) is 19.2. The van der Waals surface area contributed by atoms with Crippen LogP contribution in [0.2, 0.25) is 0 Å². The molecule has 27 heavy (non-hydrogen) atoms. The first-order chi connectivity index (χ1) is 13.0. The number of amides is 1. The lowest BCUT2D eigenvalue weighted by atomic mass is 10.0. The van der Waals surface area contributed by atoms with Gasteiger partial charge in [0.2, 0.25) is 0 Å². The van der Waals surface area contributed by atoms with Crippen molar-refractivity contribution in [2.45, 2.75) is 38.8 Å². The summed E-state index contributed by atoms with van der Waals surface area (Å²) in [5.74, 6) is -0.336. The van der Waals surface area contributed by atoms with Gasteiger partial charge in [-0.25, -0.2) is 4.98 Å². The van der Waals surface area contributed by atoms with Crippen molar-refractivity contribution in [3.05, 3.63) is 45.5 Å². The minimum atomic E-state index is -0.540. The Labute approximate surface area is 161 Å². The molecule has 1 unspecified atom stereocenters. The Morgan fingerprint density at radius 2 is 2.26 bits per heavy atom. The third kappa shape index (κ3) is 5.24. The highest BCUT2D eigenvalue weighted by Crippen LogP contribution is 2.26. The highest BCUT2D eigenvalue weighted by atomic mass is 32.1. The van der Waals surface area contributed by atoms with Crippen molar-refractivity contribution in [3.8, 4) is 5.75 Å². The number of anilines is 1. The van der Waals surface area contributed by atoms with E-state index in [0.29, 0.717) is 11.2 Å². The smallest absolute Gasteiger partial charge is 0.310 e. The van der Waals surface area contributed by atoms with E-state index in [1.54, 1.807) is 18.3 Å². The number of para-hydroxylation sites is 2. The molecule has 1 N–H and O–H groups in total. The number of nitrogens with one attached hydrogen (secondary N) is 1. The molecule has 1 fully saturated rings. The lowest BCUT2D eigenvalue weighted by Gasteiger charge is -2.32. The quantitative estimate of drug-likeness (QED) is 0.574. The minimum absolute atomic E-state index is 0.0663. The van der Waals surface area contributed by atoms with E-state index in [1.165, 1.54) is 42.7 Å². The first-order valence-electron chi connectivity index (χ1n) is 8.88. The number of nitro benzene ring substituents is 1. The van der Waals surface area contributed by atoms with Gasteiger partial charge in [-0.05, 0) is 32.4 Å². The van der Waals surface area contributed by atoms with Gasteiger partial charge in [0.15, 0.2) is 17.5 Å². The van der Waals surface area contributed by atoms with E-state index in [1.807, 2.05) is 0 Å². The van der Waals surface area contributed by atoms with E-state index in [9.17, 15) is 14.9 Å². The zero-order valence-corrected chi connectivity index (χ0v) is 15.9. The number of likely N-dealkylation sites (tertiary alicyclic amines) is 1. The van der Waals surface area contributed by atoms with E-state index in [4.69, 9.17) is 4.74 Å². The van der Waals surface area contributed by atoms with Crippen LogP contribution in [0.3, 0.4) is 0 Å². The first-order valence-corrected chi connectivity index (χ1v) is 9.69. The van der Waals surface area contributed by atoms with Crippen molar-refractivity contribution in [2.75, 3.05) is 18.5 Å². The largest absolute Gasteiger partial charge is 0.477 e. The maximum absolute atomic E-state index is 12.1. The number of aromatic nitrogens is 1. The molecule has 2 aromatic rings. The molecule has 9 heteroatoms. The lowest BCUT2D eigenvalue weighted by Crippen LogP contribution is -2.36. The van der Waals surface area contributed by atoms with Crippen molar-refractivity contribution in [1.29, 1.82) is 0 Å². The predicted octanol–water partition coefficient (Wildman–Crippen LogP) is 3.44. The molecule has 1 aromatic heterocycles. The predicted molar refractivity (Wildman–Crippen MR) is 103 cm³/mol. The second-order valence-corrected chi connectivity index (χ2v) is 7.62. The van der Waals surface area contributed by atoms with Crippen LogP contribution >= 0.6 is 11.3 Å². The molecule has 2 heterocycles. The highest BCUT2D eigenvalue weighted by molar-refractivity contribution is 7.15. The van der Waals surface area contributed by atoms with Gasteiger partial charge in [0.25, 0.3) is 5.91 Å². The van der Waals surface area contributed by atoms with Crippen LogP contribution in [-0.4, -0.2) is 39.9 Å². The van der Waals surface area contributed by atoms with Crippen molar-refractivity contribution in [1.82, 2.24) is 9.88 Å². The maximum Gasteiger partial charge on any atom is 0.310 e. The fourth-order valence-electron chi connectivity index (χ4n) is 3.06. The summed E-state index contributed by atoms with van der Waals surface area (Å²) in [6.45, 7) is 3.85. The summed E-state index contributed by atoms with van der Waals surface area (Å²) in [7, 11) is 0. The molecule has 1 saturated heterocycles. The van der Waals surface area contributed by atoms with Crippen molar-refractivity contribution in [2.24, 2.45) is 0 Å². The van der Waals surface area contributed by atoms with Crippen LogP contribution in [0.4, 0.5) is 10.8 Å². The normalized spacial score (nSPS) is 17.4. The summed E-state index contributed by atoms with van der Waals surface area (Å²) < 4.78 is 5.29. The molecular formula is C18H22N4O4S. The third-order valence-electron chi connectivity index (χ3n) is 4.52. The number of piperidine rings is 1. The Morgan fingerprint density at radius 3 is 3.04 bits per heavy atom. The average Bonchev–Trinajstić information content (AvgIpc) is 3.09. The SMILES string of the molecule is CC1CCCCN1Cc1cnc(NC(=O)COc2ccccc2[N+](=O)[O-])s1. The zero-order chi connectivity index (χ0) is 19.2. The highest BCUT2D eigenvalue weighted by Gasteiger charge is 2.19. The number of thiazole rings is 1. The molecule has 8 nitrogen and oxygen atoms in total. The summed E-state index contributed by atoms with van der Waals surface area (Å²) >= 11 is 1.44. The molecule has 1 aliphatic rings. The van der Waals surface area contributed by atoms with Crippen molar-refractivity contribution >= 4 is 28.1 Å². The Kier molecular flexibility index (Phi) is 6.36. The van der Waals surface area contributed by atoms with Crippen LogP contribution < -0.4 is 10.1 Å². The molecule has 0 saturated carbocycles. The topological polar surface area (TPSA) is 97.6 Å². The van der Waals surface area contributed by atoms with Gasteiger partial charge in [0.1, 0.15) is 0 Å². The number of benzene rings is 1. The van der Waals surface area contributed by atoms with Crippen LogP contribution in [0.5, 0.6) is 5.75 Å². The molecule has 1 aromatic carbocycles. The molecule has 3 rings (SSSR count). The molecule has 0 aliphatic carbocycles. The Balaban J connectivity index is 1.51. The average molecular weight is 390 g/mol. The van der Waals surface area contributed by atoms with Gasteiger partial charge in [0, 0.05) is 29.7 Å². The summed E-state index contributed by atoms with van der Waals surface area (Å²) in [5.41, 5.74) is -0.169. The number of hydrogen-bond acceptors (Lipinski definition) is 7. The number of carbonyl (C=O) groups is 1. The van der Waals surface area contributed by atoms with E-state index < -0.39 is 10.8 Å². The number of rotatable bonds is 7. The molecule has 144 valence electrons. The number of nitro groups is 1. The van der Waals surface area contributed by atoms with Crippen molar-refractivity contribution < 1.29 is 14.5 Å². The standard InChI is InChI=1S/C18H22N4O4S/c1-13-6-4-5-9-21(13)11-14-10-19-18(27-14)20-17(23)12-26-16-8-3-2-7-15(16)22(24)25/h2-3,7-8,10,13H,4-6,9,11-12H2,1H3,(H,19,20,23). The van der Waals surface area contributed by atoms with E-state index in [-0.39, 0.29) is 18.0 Å². The molecule has 1 atom stereocenters. The summed E-state index contributed by atoms with van der Waals surface area (Å²) in [6.07, 6.45) is 5.49. The molecule has 0 radical (unpaired) electrons. The van der Waals surface area contributed by atoms with Gasteiger partial charge in [-0.1, -0.05) is 18.6 Å². The van der Waals surface area contributed by atoms with Gasteiger partial charge in [0.05, 0.1) is 4.92 Å². The Morgan fingerprint density at radius 1 is 1.44 bits per heavy atom. The fraction of sp³-hybridized carbons (Fsp3) is 0.444. The van der Waals surface area contributed by atoms with Gasteiger partial charge in [-0.3, -0.25) is 25.1 Å². The third-order valence-corrected chi connectivity index (χ3v) is 5.42. The van der Waals surface area contributed by atoms with Crippen LogP contribution in [-0.2, 0) is 11.3 Å². The van der Waals surface area contributed by atoms with Gasteiger partial charge >= 0.3 is 5.69 Å². The molecule has 0 spiro atoms. The monoisotopic (exact) mass is 390 g/mol. The van der Waals surface area contributed by atoms with Crippen LogP contribution in [0, 0.1) is 10.1 Å².